The van der Waals surface area contributed by atoms with Crippen molar-refractivity contribution < 1.29 is 5.21 Å². The minimum Gasteiger partial charge on any atom is -0.411 e. The van der Waals surface area contributed by atoms with E-state index in [9.17, 15) is 0 Å². The number of thioether (sulfide) groups is 1. The second kappa shape index (κ2) is 2.77. The highest BCUT2D eigenvalue weighted by Gasteiger charge is 1.98. The van der Waals surface area contributed by atoms with Gasteiger partial charge in [0.25, 0.3) is 0 Å². The van der Waals surface area contributed by atoms with Crippen LogP contribution in [0.1, 0.15) is 6.42 Å². The monoisotopic (exact) mass is 129 g/mol. The van der Waals surface area contributed by atoms with Crippen LogP contribution in [0.4, 0.5) is 0 Å². The fourth-order valence-electron chi connectivity index (χ4n) is 0.525. The van der Waals surface area contributed by atoms with Crippen molar-refractivity contribution in [3.05, 3.63) is 11.5 Å². The zero-order chi connectivity index (χ0) is 5.82. The second-order valence-electron chi connectivity index (χ2n) is 1.51. The Balaban J connectivity index is 2.56. The Labute approximate surface area is 52.3 Å². The summed E-state index contributed by atoms with van der Waals surface area (Å²) in [4.78, 5) is 0. The van der Waals surface area contributed by atoms with Crippen molar-refractivity contribution in [2.45, 2.75) is 6.42 Å². The Kier molecular flexibility index (Phi) is 1.97. The molecule has 1 aliphatic heterocycles. The zero-order valence-corrected chi connectivity index (χ0v) is 5.19. The van der Waals surface area contributed by atoms with Crippen molar-refractivity contribution in [2.24, 2.45) is 5.16 Å². The molecule has 0 aliphatic carbocycles. The molecule has 44 valence electrons. The summed E-state index contributed by atoms with van der Waals surface area (Å²) in [6, 6.07) is 0. The van der Waals surface area contributed by atoms with Crippen molar-refractivity contribution >= 4 is 17.5 Å². The van der Waals surface area contributed by atoms with Crippen LogP contribution in [0.2, 0.25) is 0 Å². The van der Waals surface area contributed by atoms with E-state index in [4.69, 9.17) is 5.21 Å². The van der Waals surface area contributed by atoms with Crippen molar-refractivity contribution in [3.63, 3.8) is 0 Å². The highest BCUT2D eigenvalue weighted by Crippen LogP contribution is 2.11. The first-order valence-corrected chi connectivity index (χ1v) is 3.47. The average molecular weight is 129 g/mol. The third-order valence-electron chi connectivity index (χ3n) is 0.961. The summed E-state index contributed by atoms with van der Waals surface area (Å²) in [5.41, 5.74) is 0.781. The molecule has 0 amide bonds. The third-order valence-corrected chi connectivity index (χ3v) is 1.73. The van der Waals surface area contributed by atoms with Gasteiger partial charge in [0.15, 0.2) is 0 Å². The maximum Gasteiger partial charge on any atom is 0.0809 e. The molecule has 0 atom stereocenters. The van der Waals surface area contributed by atoms with Crippen LogP contribution in [0.15, 0.2) is 16.6 Å². The summed E-state index contributed by atoms with van der Waals surface area (Å²) < 4.78 is 0. The number of allylic oxidation sites excluding steroid dienone is 1. The molecule has 0 spiro atoms. The molecule has 2 nitrogen and oxygen atoms in total. The summed E-state index contributed by atoms with van der Waals surface area (Å²) in [6.45, 7) is 0. The summed E-state index contributed by atoms with van der Waals surface area (Å²) in [7, 11) is 0. The smallest absolute Gasteiger partial charge is 0.0809 e. The van der Waals surface area contributed by atoms with Crippen molar-refractivity contribution in [1.82, 2.24) is 0 Å². The van der Waals surface area contributed by atoms with Crippen LogP contribution in [0.3, 0.4) is 0 Å². The molecule has 1 rings (SSSR count). The van der Waals surface area contributed by atoms with Gasteiger partial charge in [-0.2, -0.15) is 0 Å². The molecule has 1 heterocycles. The van der Waals surface area contributed by atoms with Gasteiger partial charge in [0.2, 0.25) is 0 Å². The molecule has 0 bridgehead atoms. The van der Waals surface area contributed by atoms with Gasteiger partial charge in [-0.1, -0.05) is 5.16 Å². The number of hydrogen-bond acceptors (Lipinski definition) is 3. The minimum absolute atomic E-state index is 0.781. The lowest BCUT2D eigenvalue weighted by atomic mass is 10.3. The maximum absolute atomic E-state index is 8.22. The van der Waals surface area contributed by atoms with Gasteiger partial charge in [-0.15, -0.1) is 11.8 Å². The highest BCUT2D eigenvalue weighted by atomic mass is 32.2. The van der Waals surface area contributed by atoms with E-state index >= 15 is 0 Å². The molecule has 3 heteroatoms. The first-order chi connectivity index (χ1) is 3.93. The van der Waals surface area contributed by atoms with Gasteiger partial charge in [-0.25, -0.2) is 0 Å². The minimum atomic E-state index is 0.781. The predicted octanol–water partition coefficient (Wildman–Crippen LogP) is 1.47. The average Bonchev–Trinajstić information content (AvgIpc) is 1.90. The van der Waals surface area contributed by atoms with Crippen LogP contribution in [0, 0.1) is 0 Å². The molecular weight excluding hydrogens is 122 g/mol. The largest absolute Gasteiger partial charge is 0.411 e. The first-order valence-electron chi connectivity index (χ1n) is 2.42. The quantitative estimate of drug-likeness (QED) is 0.397. The maximum atomic E-state index is 8.22. The van der Waals surface area contributed by atoms with Gasteiger partial charge in [0.05, 0.1) is 5.71 Å². The van der Waals surface area contributed by atoms with Gasteiger partial charge in [0, 0.05) is 12.2 Å². The Morgan fingerprint density at radius 3 is 3.00 bits per heavy atom. The molecule has 0 fully saturated rings. The number of hydrogen-bond donors (Lipinski definition) is 1. The van der Waals surface area contributed by atoms with Crippen molar-refractivity contribution in [3.8, 4) is 0 Å². The van der Waals surface area contributed by atoms with Gasteiger partial charge in [-0.05, 0) is 11.5 Å². The van der Waals surface area contributed by atoms with E-state index in [1.54, 1.807) is 11.8 Å². The van der Waals surface area contributed by atoms with Crippen LogP contribution in [-0.4, -0.2) is 16.7 Å². The molecule has 0 aromatic carbocycles. The van der Waals surface area contributed by atoms with Crippen molar-refractivity contribution in [2.75, 3.05) is 5.75 Å². The Morgan fingerprint density at radius 2 is 2.62 bits per heavy atom. The molecule has 0 radical (unpaired) electrons. The van der Waals surface area contributed by atoms with Crippen LogP contribution in [-0.2, 0) is 0 Å². The second-order valence-corrected chi connectivity index (χ2v) is 2.53. The highest BCUT2D eigenvalue weighted by molar-refractivity contribution is 8.02. The summed E-state index contributed by atoms with van der Waals surface area (Å²) in [5, 5.41) is 13.2. The number of nitrogens with zero attached hydrogens (tertiary/aromatic N) is 1. The van der Waals surface area contributed by atoms with Gasteiger partial charge in [-0.3, -0.25) is 0 Å². The fourth-order valence-corrected chi connectivity index (χ4v) is 1.24. The SMILES string of the molecule is ON=C1C=CSCC1. The van der Waals surface area contributed by atoms with Crippen LogP contribution in [0.25, 0.3) is 0 Å². The molecule has 0 unspecified atom stereocenters. The molecule has 1 aliphatic rings. The Morgan fingerprint density at radius 1 is 1.75 bits per heavy atom. The van der Waals surface area contributed by atoms with Gasteiger partial charge in [0.1, 0.15) is 0 Å². The molecule has 1 N–H and O–H groups in total. The van der Waals surface area contributed by atoms with E-state index < -0.39 is 0 Å². The molecular formula is C5H7NOS. The topological polar surface area (TPSA) is 32.6 Å². The Bertz CT molecular complexity index is 130. The standard InChI is InChI=1S/C5H7NOS/c7-6-5-1-3-8-4-2-5/h1,3,7H,2,4H2. The van der Waals surface area contributed by atoms with Crippen molar-refractivity contribution in [1.29, 1.82) is 0 Å². The lowest BCUT2D eigenvalue weighted by Gasteiger charge is -2.01. The van der Waals surface area contributed by atoms with E-state index in [0.717, 1.165) is 17.9 Å². The predicted molar refractivity (Wildman–Crippen MR) is 35.4 cm³/mol. The number of rotatable bonds is 0. The van der Waals surface area contributed by atoms with E-state index in [-0.39, 0.29) is 0 Å². The fraction of sp³-hybridized carbons (Fsp3) is 0.400. The van der Waals surface area contributed by atoms with Gasteiger partial charge >= 0.3 is 0 Å². The van der Waals surface area contributed by atoms with Gasteiger partial charge < -0.3 is 5.21 Å². The third kappa shape index (κ3) is 1.26. The first kappa shape index (κ1) is 5.69. The van der Waals surface area contributed by atoms with Crippen LogP contribution < -0.4 is 0 Å². The van der Waals surface area contributed by atoms with E-state index in [1.807, 2.05) is 11.5 Å². The summed E-state index contributed by atoms with van der Waals surface area (Å²) >= 11 is 1.74. The molecule has 8 heavy (non-hydrogen) atoms. The lowest BCUT2D eigenvalue weighted by Crippen LogP contribution is -1.98. The zero-order valence-electron chi connectivity index (χ0n) is 4.37. The van der Waals surface area contributed by atoms with Crippen LogP contribution >= 0.6 is 11.8 Å². The molecule has 0 saturated carbocycles. The number of oxime groups is 1. The van der Waals surface area contributed by atoms with E-state index in [0.29, 0.717) is 0 Å². The van der Waals surface area contributed by atoms with E-state index in [2.05, 4.69) is 5.16 Å². The van der Waals surface area contributed by atoms with E-state index in [1.165, 1.54) is 0 Å². The molecule has 0 aromatic rings. The molecule has 0 aromatic heterocycles. The normalized spacial score (nSPS) is 24.2. The van der Waals surface area contributed by atoms with Crippen LogP contribution in [0.5, 0.6) is 0 Å². The Hall–Kier alpha value is -0.440. The molecule has 0 saturated heterocycles. The summed E-state index contributed by atoms with van der Waals surface area (Å²) in [5.74, 6) is 1.04. The summed E-state index contributed by atoms with van der Waals surface area (Å²) in [6.07, 6.45) is 2.71. The lowest BCUT2D eigenvalue weighted by molar-refractivity contribution is 0.318.